The second kappa shape index (κ2) is 29.3. The van der Waals surface area contributed by atoms with Crippen LogP contribution in [0.4, 0.5) is 0 Å². The van der Waals surface area contributed by atoms with Crippen molar-refractivity contribution in [2.75, 3.05) is 20.1 Å². The molecule has 1 aromatic rings. The van der Waals surface area contributed by atoms with E-state index in [2.05, 4.69) is 47.9 Å². The van der Waals surface area contributed by atoms with Crippen LogP contribution in [0.3, 0.4) is 0 Å². The summed E-state index contributed by atoms with van der Waals surface area (Å²) >= 11 is 0. The van der Waals surface area contributed by atoms with Gasteiger partial charge in [-0.05, 0) is 69.2 Å². The maximum atomic E-state index is 13.6. The SMILES string of the molecule is CC[C@H](C)[C@H](NC(C)=O)C(=O)N[C@H](C(=O)N[C@H](C(=O)N[C@@H](CC(N)=O)C(=O)NCC(=O)N[C@@H](CCCCN)C(=O)N[C@H](C(=O)N[C@@H](Cc1ccc(O)cc1)C(=O)NC)[C@@H](C)O)C(C)C)[C@@H](C)O. The smallest absolute Gasteiger partial charge is 0.245 e. The van der Waals surface area contributed by atoms with Gasteiger partial charge in [0.1, 0.15) is 48.0 Å². The van der Waals surface area contributed by atoms with Gasteiger partial charge >= 0.3 is 0 Å². The lowest BCUT2D eigenvalue weighted by Gasteiger charge is -2.29. The van der Waals surface area contributed by atoms with Gasteiger partial charge < -0.3 is 74.6 Å². The van der Waals surface area contributed by atoms with Crippen molar-refractivity contribution < 1.29 is 63.3 Å². The first-order chi connectivity index (χ1) is 31.4. The van der Waals surface area contributed by atoms with Gasteiger partial charge in [-0.25, -0.2) is 0 Å². The average Bonchev–Trinajstić information content (AvgIpc) is 3.25. The van der Waals surface area contributed by atoms with Crippen LogP contribution in [0.5, 0.6) is 5.75 Å². The Kier molecular flexibility index (Phi) is 25.6. The number of phenolic OH excluding ortho intramolecular Hbond substituents is 1. The number of phenols is 1. The van der Waals surface area contributed by atoms with E-state index in [1.165, 1.54) is 40.0 Å². The number of rotatable bonds is 29. The van der Waals surface area contributed by atoms with Crippen LogP contribution < -0.4 is 59.3 Å². The first-order valence-corrected chi connectivity index (χ1v) is 22.1. The zero-order valence-corrected chi connectivity index (χ0v) is 39.4. The van der Waals surface area contributed by atoms with Gasteiger partial charge in [0.25, 0.3) is 0 Å². The lowest BCUT2D eigenvalue weighted by atomic mass is 9.97. The number of carbonyl (C=O) groups is 10. The number of hydrogen-bond donors (Lipinski definition) is 14. The Morgan fingerprint density at radius 3 is 1.61 bits per heavy atom. The van der Waals surface area contributed by atoms with E-state index in [-0.39, 0.29) is 31.1 Å². The van der Waals surface area contributed by atoms with Crippen molar-refractivity contribution in [2.45, 2.75) is 141 Å². The number of benzene rings is 1. The minimum atomic E-state index is -1.68. The Balaban J connectivity index is 3.17. The number of likely N-dealkylation sites (N-methyl/N-ethyl adjacent to an activating group) is 1. The maximum Gasteiger partial charge on any atom is 0.245 e. The van der Waals surface area contributed by atoms with Crippen LogP contribution in [0, 0.1) is 11.8 Å². The van der Waals surface area contributed by atoms with Crippen LogP contribution in [0.1, 0.15) is 86.1 Å². The molecule has 24 heteroatoms. The Labute approximate surface area is 390 Å². The normalized spacial score (nSPS) is 15.5. The van der Waals surface area contributed by atoms with Crippen LogP contribution in [0.2, 0.25) is 0 Å². The topological polar surface area (TPSA) is 392 Å². The molecule has 0 saturated carbocycles. The van der Waals surface area contributed by atoms with E-state index in [0.717, 1.165) is 0 Å². The summed E-state index contributed by atoms with van der Waals surface area (Å²) in [6.07, 6.45) is -2.51. The van der Waals surface area contributed by atoms with Crippen molar-refractivity contribution in [1.29, 1.82) is 0 Å². The summed E-state index contributed by atoms with van der Waals surface area (Å²) in [5, 5.41) is 52.4. The molecule has 10 atom stereocenters. The van der Waals surface area contributed by atoms with Crippen LogP contribution in [-0.2, 0) is 54.4 Å². The first-order valence-electron chi connectivity index (χ1n) is 22.1. The summed E-state index contributed by atoms with van der Waals surface area (Å²) < 4.78 is 0. The molecule has 67 heavy (non-hydrogen) atoms. The summed E-state index contributed by atoms with van der Waals surface area (Å²) in [5.74, 6) is -9.71. The summed E-state index contributed by atoms with van der Waals surface area (Å²) in [6, 6.07) is -3.95. The van der Waals surface area contributed by atoms with E-state index in [1.54, 1.807) is 39.8 Å². The summed E-state index contributed by atoms with van der Waals surface area (Å²) in [6.45, 7) is 9.69. The molecule has 16 N–H and O–H groups in total. The largest absolute Gasteiger partial charge is 0.508 e. The molecule has 0 fully saturated rings. The fourth-order valence-electron chi connectivity index (χ4n) is 6.49. The number of nitrogens with two attached hydrogens (primary N) is 2. The van der Waals surface area contributed by atoms with Gasteiger partial charge in [0.05, 0.1) is 25.2 Å². The molecule has 10 amide bonds. The Morgan fingerprint density at radius 1 is 0.612 bits per heavy atom. The second-order valence-electron chi connectivity index (χ2n) is 16.6. The zero-order valence-electron chi connectivity index (χ0n) is 39.4. The van der Waals surface area contributed by atoms with Crippen molar-refractivity contribution in [3.63, 3.8) is 0 Å². The van der Waals surface area contributed by atoms with Crippen molar-refractivity contribution >= 4 is 59.1 Å². The summed E-state index contributed by atoms with van der Waals surface area (Å²) in [4.78, 5) is 130. The molecular weight excluding hydrogens is 879 g/mol. The standard InChI is InChI=1S/C43H71N11O13/c1-9-22(4)34(48-25(7)57)41(65)54-36(24(6)56)43(67)52-33(21(2)3)40(64)51-30(19-31(45)59)38(62)47-20-32(60)49-28(12-10-11-17-44)39(63)53-35(23(5)55)42(66)50-29(37(61)46-8)18-26-13-15-27(58)16-14-26/h13-16,21-24,28-30,33-36,55-56,58H,9-12,17-20,44H2,1-8H3,(H2,45,59)(H,46,61)(H,47,62)(H,48,57)(H,49,60)(H,50,66)(H,51,64)(H,52,67)(H,53,63)(H,54,65)/t22-,23+,24+,28-,29-,30-,33-,34-,35-,36-/m0/s1. The van der Waals surface area contributed by atoms with Crippen molar-refractivity contribution in [3.05, 3.63) is 29.8 Å². The van der Waals surface area contributed by atoms with Crippen LogP contribution in [0.25, 0.3) is 0 Å². The van der Waals surface area contributed by atoms with Crippen LogP contribution in [-0.4, -0.2) is 149 Å². The molecule has 0 bridgehead atoms. The molecule has 0 aliphatic carbocycles. The minimum Gasteiger partial charge on any atom is -0.508 e. The molecule has 1 rings (SSSR count). The van der Waals surface area contributed by atoms with E-state index in [9.17, 15) is 63.3 Å². The highest BCUT2D eigenvalue weighted by molar-refractivity contribution is 5.98. The molecule has 0 aromatic heterocycles. The summed E-state index contributed by atoms with van der Waals surface area (Å²) in [5.41, 5.74) is 11.6. The van der Waals surface area contributed by atoms with E-state index >= 15 is 0 Å². The van der Waals surface area contributed by atoms with Gasteiger partial charge in [0.2, 0.25) is 59.1 Å². The van der Waals surface area contributed by atoms with Crippen LogP contribution >= 0.6 is 0 Å². The number of unbranched alkanes of at least 4 members (excludes halogenated alkanes) is 1. The highest BCUT2D eigenvalue weighted by atomic mass is 16.3. The van der Waals surface area contributed by atoms with Gasteiger partial charge in [-0.15, -0.1) is 0 Å². The molecule has 0 saturated heterocycles. The Hall–Kier alpha value is -6.40. The number of amides is 10. The molecule has 376 valence electrons. The third kappa shape index (κ3) is 20.8. The molecule has 24 nitrogen and oxygen atoms in total. The van der Waals surface area contributed by atoms with Crippen molar-refractivity contribution in [1.82, 2.24) is 47.9 Å². The fraction of sp³-hybridized carbons (Fsp3) is 0.628. The average molecular weight is 950 g/mol. The molecule has 0 heterocycles. The van der Waals surface area contributed by atoms with Gasteiger partial charge in [0, 0.05) is 20.4 Å². The third-order valence-electron chi connectivity index (χ3n) is 10.5. The second-order valence-corrected chi connectivity index (χ2v) is 16.6. The highest BCUT2D eigenvalue weighted by Gasteiger charge is 2.36. The molecule has 0 aliphatic rings. The molecule has 0 aliphatic heterocycles. The summed E-state index contributed by atoms with van der Waals surface area (Å²) in [7, 11) is 1.35. The first kappa shape index (κ1) is 58.6. The fourth-order valence-corrected chi connectivity index (χ4v) is 6.49. The van der Waals surface area contributed by atoms with Gasteiger partial charge in [-0.2, -0.15) is 0 Å². The highest BCUT2D eigenvalue weighted by Crippen LogP contribution is 2.13. The van der Waals surface area contributed by atoms with Crippen molar-refractivity contribution in [3.8, 4) is 5.75 Å². The monoisotopic (exact) mass is 950 g/mol. The van der Waals surface area contributed by atoms with Gasteiger partial charge in [-0.1, -0.05) is 46.2 Å². The molecule has 1 aromatic carbocycles. The van der Waals surface area contributed by atoms with Crippen LogP contribution in [0.15, 0.2) is 24.3 Å². The number of nitrogens with one attached hydrogen (secondary N) is 9. The molecular formula is C43H71N11O13. The zero-order chi connectivity index (χ0) is 51.1. The number of hydrogen-bond acceptors (Lipinski definition) is 14. The number of aliphatic hydroxyl groups excluding tert-OH is 2. The number of aromatic hydroxyl groups is 1. The van der Waals surface area contributed by atoms with E-state index in [1.807, 2.05) is 0 Å². The number of aliphatic hydroxyl groups is 2. The quantitative estimate of drug-likeness (QED) is 0.0338. The van der Waals surface area contributed by atoms with E-state index in [0.29, 0.717) is 24.8 Å². The van der Waals surface area contributed by atoms with Gasteiger partial charge in [-0.3, -0.25) is 47.9 Å². The third-order valence-corrected chi connectivity index (χ3v) is 10.5. The molecule has 0 unspecified atom stereocenters. The van der Waals surface area contributed by atoms with E-state index in [4.69, 9.17) is 11.5 Å². The minimum absolute atomic E-state index is 0.00536. The van der Waals surface area contributed by atoms with E-state index < -0.39 is 132 Å². The Bertz CT molecular complexity index is 1860. The number of primary amides is 1. The lowest BCUT2D eigenvalue weighted by Crippen LogP contribution is -2.62. The lowest BCUT2D eigenvalue weighted by molar-refractivity contribution is -0.137. The molecule has 0 radical (unpaired) electrons. The van der Waals surface area contributed by atoms with Gasteiger partial charge in [0.15, 0.2) is 0 Å². The maximum absolute atomic E-state index is 13.6. The number of carbonyl (C=O) groups excluding carboxylic acids is 10. The van der Waals surface area contributed by atoms with Crippen molar-refractivity contribution in [2.24, 2.45) is 23.3 Å². The molecule has 0 spiro atoms. The Morgan fingerprint density at radius 2 is 1.12 bits per heavy atom. The predicted octanol–water partition coefficient (Wildman–Crippen LogP) is -4.32. The predicted molar refractivity (Wildman–Crippen MR) is 242 cm³/mol.